The van der Waals surface area contributed by atoms with Crippen LogP contribution in [0.1, 0.15) is 11.1 Å². The number of fused-ring (bicyclic) bond motifs is 1. The van der Waals surface area contributed by atoms with E-state index in [4.69, 9.17) is 4.55 Å². The number of aromatic nitrogens is 1. The van der Waals surface area contributed by atoms with Crippen molar-refractivity contribution in [2.75, 3.05) is 36.1 Å². The van der Waals surface area contributed by atoms with Crippen molar-refractivity contribution < 1.29 is 57.0 Å². The molecule has 1 heterocycles. The lowest BCUT2D eigenvalue weighted by Crippen LogP contribution is -2.17. The molecule has 0 saturated heterocycles. The first kappa shape index (κ1) is 38.1. The molecule has 0 fully saturated rings. The largest absolute Gasteiger partial charge is 0.412 e. The van der Waals surface area contributed by atoms with E-state index in [-0.39, 0.29) is 57.8 Å². The Balaban J connectivity index is 0.00000736. The standard InChI is InChI=1S/C23H24N6O12S4.H2O/c1-3-42(30,31)12-10-26-23-20(14(2)17(13-24)22(27-23)25-9-11-41-45(38,39)40)29-28-18-8-7-15-16(21(18)44(35,36)37)5-4-6-19(15)43(32,33)34;/h3-8H,1,9-12H2,2H3,(H2,25,26,27)(H,32,33,34)(H,35,36,37)(H,38,39,40);1H2. The van der Waals surface area contributed by atoms with Crippen LogP contribution in [0.25, 0.3) is 10.8 Å². The molecule has 7 N–H and O–H groups in total. The maximum atomic E-state index is 12.4. The number of sulfone groups is 1. The number of hydrogen-bond acceptors (Lipinski definition) is 15. The highest BCUT2D eigenvalue weighted by Gasteiger charge is 2.24. The van der Waals surface area contributed by atoms with E-state index in [1.165, 1.54) is 6.92 Å². The minimum Gasteiger partial charge on any atom is -0.412 e. The maximum Gasteiger partial charge on any atom is 0.397 e. The molecule has 0 saturated carbocycles. The number of rotatable bonds is 14. The van der Waals surface area contributed by atoms with E-state index in [1.807, 2.05) is 6.07 Å². The van der Waals surface area contributed by atoms with Crippen molar-refractivity contribution in [2.24, 2.45) is 10.2 Å². The van der Waals surface area contributed by atoms with Gasteiger partial charge in [-0.05, 0) is 19.1 Å². The Bertz CT molecular complexity index is 2180. The van der Waals surface area contributed by atoms with Crippen LogP contribution in [0.2, 0.25) is 0 Å². The summed E-state index contributed by atoms with van der Waals surface area (Å²) in [5.41, 5.74) is -0.742. The van der Waals surface area contributed by atoms with E-state index < -0.39 is 68.3 Å². The second kappa shape index (κ2) is 14.5. The van der Waals surface area contributed by atoms with Crippen LogP contribution in [-0.4, -0.2) is 83.2 Å². The van der Waals surface area contributed by atoms with Crippen molar-refractivity contribution in [2.45, 2.75) is 16.7 Å². The molecule has 1 aromatic heterocycles. The summed E-state index contributed by atoms with van der Waals surface area (Å²) in [6.07, 6.45) is 0. The van der Waals surface area contributed by atoms with Gasteiger partial charge in [-0.2, -0.15) is 30.5 Å². The minimum atomic E-state index is -5.10. The predicted octanol–water partition coefficient (Wildman–Crippen LogP) is 1.70. The van der Waals surface area contributed by atoms with E-state index in [0.717, 1.165) is 35.7 Å². The van der Waals surface area contributed by atoms with Crippen LogP contribution in [0.3, 0.4) is 0 Å². The summed E-state index contributed by atoms with van der Waals surface area (Å²) in [6.45, 7) is 3.51. The van der Waals surface area contributed by atoms with Gasteiger partial charge in [0.15, 0.2) is 15.7 Å². The highest BCUT2D eigenvalue weighted by molar-refractivity contribution is 7.94. The molecule has 19 nitrogen and oxygen atoms in total. The Morgan fingerprint density at radius 2 is 1.59 bits per heavy atom. The van der Waals surface area contributed by atoms with Crippen molar-refractivity contribution in [3.63, 3.8) is 0 Å². The summed E-state index contributed by atoms with van der Waals surface area (Å²) in [5.74, 6) is -0.758. The van der Waals surface area contributed by atoms with Crippen LogP contribution >= 0.6 is 0 Å². The third kappa shape index (κ3) is 9.45. The SMILES string of the molecule is C=CS(=O)(=O)CCNc1nc(NCCOS(=O)(=O)O)c(C#N)c(C)c1N=Nc1ccc2c(S(=O)(=O)O)cccc2c1S(=O)(=O)O.O. The minimum absolute atomic E-state index is 0. The van der Waals surface area contributed by atoms with Crippen LogP contribution in [0.15, 0.2) is 62.3 Å². The summed E-state index contributed by atoms with van der Waals surface area (Å²) < 4.78 is 126. The topological polar surface area (TPSA) is 323 Å². The molecular formula is C23H26N6O13S4. The Morgan fingerprint density at radius 1 is 0.935 bits per heavy atom. The van der Waals surface area contributed by atoms with E-state index in [1.54, 1.807) is 0 Å². The van der Waals surface area contributed by atoms with Gasteiger partial charge in [-0.25, -0.2) is 17.6 Å². The van der Waals surface area contributed by atoms with Crippen molar-refractivity contribution in [1.29, 1.82) is 5.26 Å². The molecule has 0 spiro atoms. The van der Waals surface area contributed by atoms with Gasteiger partial charge in [0.25, 0.3) is 20.2 Å². The first-order chi connectivity index (χ1) is 20.8. The molecular weight excluding hydrogens is 697 g/mol. The number of anilines is 2. The summed E-state index contributed by atoms with van der Waals surface area (Å²) in [4.78, 5) is 2.71. The first-order valence-electron chi connectivity index (χ1n) is 12.1. The summed E-state index contributed by atoms with van der Waals surface area (Å²) >= 11 is 0. The second-order valence-electron chi connectivity index (χ2n) is 8.82. The molecule has 46 heavy (non-hydrogen) atoms. The number of nitrogens with one attached hydrogen (secondary N) is 2. The molecule has 3 aromatic rings. The van der Waals surface area contributed by atoms with Gasteiger partial charge in [0.05, 0.1) is 17.9 Å². The average molecular weight is 723 g/mol. The van der Waals surface area contributed by atoms with Crippen LogP contribution in [0.5, 0.6) is 0 Å². The van der Waals surface area contributed by atoms with Gasteiger partial charge < -0.3 is 16.1 Å². The second-order valence-corrected chi connectivity index (χ2v) is 14.7. The monoisotopic (exact) mass is 722 g/mol. The number of hydrogen-bond donors (Lipinski definition) is 5. The van der Waals surface area contributed by atoms with Crippen molar-refractivity contribution in [3.05, 3.63) is 53.4 Å². The van der Waals surface area contributed by atoms with Crippen molar-refractivity contribution in [3.8, 4) is 6.07 Å². The van der Waals surface area contributed by atoms with Gasteiger partial charge in [-0.1, -0.05) is 24.8 Å². The van der Waals surface area contributed by atoms with Gasteiger partial charge in [0.1, 0.15) is 33.1 Å². The Labute approximate surface area is 263 Å². The molecule has 0 aliphatic carbocycles. The third-order valence-corrected chi connectivity index (χ3v) is 9.43. The fraction of sp³-hybridized carbons (Fsp3) is 0.217. The van der Waals surface area contributed by atoms with Gasteiger partial charge in [0.2, 0.25) is 0 Å². The first-order valence-corrected chi connectivity index (χ1v) is 18.1. The molecule has 0 amide bonds. The molecule has 250 valence electrons. The molecule has 2 aromatic carbocycles. The zero-order valence-corrected chi connectivity index (χ0v) is 26.7. The number of benzene rings is 2. The fourth-order valence-corrected chi connectivity index (χ4v) is 6.27. The zero-order chi connectivity index (χ0) is 33.8. The predicted molar refractivity (Wildman–Crippen MR) is 164 cm³/mol. The summed E-state index contributed by atoms with van der Waals surface area (Å²) in [5, 5.41) is 23.2. The van der Waals surface area contributed by atoms with Crippen LogP contribution in [-0.2, 0) is 44.7 Å². The van der Waals surface area contributed by atoms with Gasteiger partial charge in [0, 0.05) is 34.8 Å². The van der Waals surface area contributed by atoms with E-state index in [2.05, 4.69) is 36.6 Å². The van der Waals surface area contributed by atoms with Crippen molar-refractivity contribution >= 4 is 74.3 Å². The number of azo groups is 1. The summed E-state index contributed by atoms with van der Waals surface area (Å²) in [6, 6.07) is 7.29. The number of pyridine rings is 1. The smallest absolute Gasteiger partial charge is 0.397 e. The third-order valence-electron chi connectivity index (χ3n) is 5.83. The average Bonchev–Trinajstić information content (AvgIpc) is 2.92. The molecule has 0 atom stereocenters. The molecule has 0 aliphatic rings. The van der Waals surface area contributed by atoms with Crippen LogP contribution < -0.4 is 10.6 Å². The lowest BCUT2D eigenvalue weighted by molar-refractivity contribution is 0.278. The normalized spacial score (nSPS) is 12.4. The van der Waals surface area contributed by atoms with Gasteiger partial charge in [-0.15, -0.1) is 10.2 Å². The maximum absolute atomic E-state index is 12.4. The van der Waals surface area contributed by atoms with Gasteiger partial charge in [-0.3, -0.25) is 13.7 Å². The van der Waals surface area contributed by atoms with Crippen molar-refractivity contribution in [1.82, 2.24) is 4.98 Å². The van der Waals surface area contributed by atoms with Crippen LogP contribution in [0.4, 0.5) is 23.0 Å². The zero-order valence-electron chi connectivity index (χ0n) is 23.4. The lowest BCUT2D eigenvalue weighted by Gasteiger charge is -2.15. The molecule has 0 unspecified atom stereocenters. The molecule has 0 bridgehead atoms. The Hall–Kier alpha value is -4.12. The molecule has 23 heteroatoms. The fourth-order valence-electron chi connectivity index (χ4n) is 3.88. The Kier molecular flexibility index (Phi) is 12.0. The van der Waals surface area contributed by atoms with Gasteiger partial charge >= 0.3 is 10.4 Å². The Morgan fingerprint density at radius 3 is 2.15 bits per heavy atom. The molecule has 3 rings (SSSR count). The lowest BCUT2D eigenvalue weighted by atomic mass is 10.1. The molecule has 0 aliphatic heterocycles. The number of nitrogens with zero attached hydrogens (tertiary/aromatic N) is 4. The summed E-state index contributed by atoms with van der Waals surface area (Å²) in [7, 11) is -18.3. The van der Waals surface area contributed by atoms with Crippen LogP contribution in [0, 0.1) is 18.3 Å². The highest BCUT2D eigenvalue weighted by Crippen LogP contribution is 2.38. The quantitative estimate of drug-likeness (QED) is 0.0897. The highest BCUT2D eigenvalue weighted by atomic mass is 32.3. The molecule has 0 radical (unpaired) electrons. The van der Waals surface area contributed by atoms with E-state index in [0.29, 0.717) is 0 Å². The van der Waals surface area contributed by atoms with E-state index >= 15 is 0 Å². The van der Waals surface area contributed by atoms with E-state index in [9.17, 15) is 48.0 Å². The number of nitriles is 1.